The molecule has 1 N–H and O–H groups in total. The van der Waals surface area contributed by atoms with Gasteiger partial charge in [-0.15, -0.1) is 0 Å². The van der Waals surface area contributed by atoms with Gasteiger partial charge in [0.2, 0.25) is 5.91 Å². The van der Waals surface area contributed by atoms with E-state index in [0.717, 1.165) is 28.1 Å². The van der Waals surface area contributed by atoms with E-state index in [1.54, 1.807) is 10.6 Å². The van der Waals surface area contributed by atoms with Crippen molar-refractivity contribution in [2.75, 3.05) is 5.32 Å². The number of nitrogens with one attached hydrogen (secondary N) is 1. The van der Waals surface area contributed by atoms with Gasteiger partial charge in [-0.25, -0.2) is 4.98 Å². The van der Waals surface area contributed by atoms with Crippen LogP contribution < -0.4 is 10.9 Å². The number of fused-ring (bicyclic) bond motifs is 1. The molecule has 0 spiro atoms. The van der Waals surface area contributed by atoms with Crippen molar-refractivity contribution in [2.24, 2.45) is 0 Å². The number of carbonyl (C=O) groups is 1. The molecule has 5 nitrogen and oxygen atoms in total. The second kappa shape index (κ2) is 9.85. The van der Waals surface area contributed by atoms with Gasteiger partial charge in [0.05, 0.1) is 21.8 Å². The van der Waals surface area contributed by atoms with Crippen LogP contribution in [-0.4, -0.2) is 20.7 Å². The van der Waals surface area contributed by atoms with E-state index in [0.29, 0.717) is 16.1 Å². The van der Waals surface area contributed by atoms with E-state index in [-0.39, 0.29) is 17.4 Å². The molecule has 0 aliphatic rings. The zero-order chi connectivity index (χ0) is 24.4. The topological polar surface area (TPSA) is 64.0 Å². The average molecular weight is 472 g/mol. The molecule has 174 valence electrons. The Morgan fingerprint density at radius 3 is 2.32 bits per heavy atom. The molecule has 4 rings (SSSR count). The summed E-state index contributed by atoms with van der Waals surface area (Å²) >= 11 is 1.29. The molecular formula is C28H29N3O2S. The highest BCUT2D eigenvalue weighted by Crippen LogP contribution is 2.30. The van der Waals surface area contributed by atoms with Crippen molar-refractivity contribution < 1.29 is 4.79 Å². The van der Waals surface area contributed by atoms with Gasteiger partial charge in [-0.1, -0.05) is 74.1 Å². The average Bonchev–Trinajstić information content (AvgIpc) is 2.81. The molecule has 1 atom stereocenters. The molecule has 0 saturated heterocycles. The number of aromatic nitrogens is 2. The van der Waals surface area contributed by atoms with Gasteiger partial charge in [0.15, 0.2) is 5.16 Å². The molecule has 1 aromatic heterocycles. The number of aryl methyl sites for hydroxylation is 2. The monoisotopic (exact) mass is 471 g/mol. The summed E-state index contributed by atoms with van der Waals surface area (Å²) in [4.78, 5) is 31.6. The normalized spacial score (nSPS) is 12.2. The summed E-state index contributed by atoms with van der Waals surface area (Å²) in [7, 11) is 0. The summed E-state index contributed by atoms with van der Waals surface area (Å²) in [5, 5.41) is 3.70. The minimum atomic E-state index is -0.469. The number of thioether (sulfide) groups is 1. The standard InChI is InChI=1S/C28H29N3O2S/c1-17(2)21-14-10-12-19(4)25(21)30-26(32)20(5)34-28-29-23-15-8-7-13-22(23)27(33)31(28)24-16-9-6-11-18(24)3/h6-17,20H,1-5H3,(H,30,32). The summed E-state index contributed by atoms with van der Waals surface area (Å²) in [6, 6.07) is 21.1. The molecule has 0 aliphatic carbocycles. The maximum atomic E-state index is 13.5. The van der Waals surface area contributed by atoms with Crippen molar-refractivity contribution in [1.82, 2.24) is 9.55 Å². The predicted molar refractivity (Wildman–Crippen MR) is 141 cm³/mol. The number of anilines is 1. The van der Waals surface area contributed by atoms with Crippen LogP contribution >= 0.6 is 11.8 Å². The summed E-state index contributed by atoms with van der Waals surface area (Å²) in [6.07, 6.45) is 0. The number of hydrogen-bond donors (Lipinski definition) is 1. The van der Waals surface area contributed by atoms with Crippen molar-refractivity contribution in [3.05, 3.63) is 93.8 Å². The van der Waals surface area contributed by atoms with Crippen LogP contribution in [0, 0.1) is 13.8 Å². The number of hydrogen-bond acceptors (Lipinski definition) is 4. The van der Waals surface area contributed by atoms with Crippen LogP contribution in [0.2, 0.25) is 0 Å². The summed E-state index contributed by atoms with van der Waals surface area (Å²) in [6.45, 7) is 10.0. The molecule has 0 aliphatic heterocycles. The first kappa shape index (κ1) is 23.8. The Bertz CT molecular complexity index is 1430. The lowest BCUT2D eigenvalue weighted by atomic mass is 9.98. The Hall–Kier alpha value is -3.38. The molecule has 1 unspecified atom stereocenters. The second-order valence-corrected chi connectivity index (χ2v) is 10.1. The number of nitrogens with zero attached hydrogens (tertiary/aromatic N) is 2. The number of carbonyl (C=O) groups excluding carboxylic acids is 1. The van der Waals surface area contributed by atoms with Crippen LogP contribution in [-0.2, 0) is 4.79 Å². The molecular weight excluding hydrogens is 442 g/mol. The zero-order valence-corrected chi connectivity index (χ0v) is 20.9. The highest BCUT2D eigenvalue weighted by atomic mass is 32.2. The van der Waals surface area contributed by atoms with Gasteiger partial charge in [0.1, 0.15) is 0 Å². The van der Waals surface area contributed by atoms with Gasteiger partial charge < -0.3 is 5.32 Å². The van der Waals surface area contributed by atoms with Crippen molar-refractivity contribution in [3.63, 3.8) is 0 Å². The lowest BCUT2D eigenvalue weighted by Crippen LogP contribution is -2.27. The van der Waals surface area contributed by atoms with Crippen molar-refractivity contribution >= 4 is 34.3 Å². The fourth-order valence-electron chi connectivity index (χ4n) is 4.00. The maximum Gasteiger partial charge on any atom is 0.266 e. The van der Waals surface area contributed by atoms with Crippen molar-refractivity contribution in [1.29, 1.82) is 0 Å². The van der Waals surface area contributed by atoms with Crippen LogP contribution in [0.3, 0.4) is 0 Å². The van der Waals surface area contributed by atoms with E-state index >= 15 is 0 Å². The van der Waals surface area contributed by atoms with Crippen molar-refractivity contribution in [3.8, 4) is 5.69 Å². The molecule has 1 heterocycles. The Morgan fingerprint density at radius 2 is 1.59 bits per heavy atom. The van der Waals surface area contributed by atoms with E-state index in [4.69, 9.17) is 4.98 Å². The SMILES string of the molecule is Cc1ccccc1-n1c(SC(C)C(=O)Nc2c(C)cccc2C(C)C)nc2ccccc2c1=O. The Labute approximate surface area is 204 Å². The molecule has 34 heavy (non-hydrogen) atoms. The summed E-state index contributed by atoms with van der Waals surface area (Å²) in [5.74, 6) is 0.159. The number of rotatable bonds is 6. The van der Waals surface area contributed by atoms with Crippen LogP contribution in [0.4, 0.5) is 5.69 Å². The van der Waals surface area contributed by atoms with E-state index in [1.807, 2.05) is 81.4 Å². The smallest absolute Gasteiger partial charge is 0.266 e. The third-order valence-corrected chi connectivity index (χ3v) is 6.98. The largest absolute Gasteiger partial charge is 0.325 e. The van der Waals surface area contributed by atoms with E-state index in [9.17, 15) is 9.59 Å². The first-order chi connectivity index (χ1) is 16.3. The molecule has 4 aromatic rings. The van der Waals surface area contributed by atoms with Crippen molar-refractivity contribution in [2.45, 2.75) is 50.9 Å². The van der Waals surface area contributed by atoms with Gasteiger partial charge in [0, 0.05) is 5.69 Å². The van der Waals surface area contributed by atoms with Gasteiger partial charge >= 0.3 is 0 Å². The van der Waals surface area contributed by atoms with Crippen LogP contribution in [0.1, 0.15) is 43.4 Å². The van der Waals surface area contributed by atoms with Gasteiger partial charge in [-0.2, -0.15) is 0 Å². The minimum Gasteiger partial charge on any atom is -0.325 e. The Kier molecular flexibility index (Phi) is 6.89. The third-order valence-electron chi connectivity index (χ3n) is 5.93. The van der Waals surface area contributed by atoms with E-state index < -0.39 is 5.25 Å². The molecule has 6 heteroatoms. The lowest BCUT2D eigenvalue weighted by molar-refractivity contribution is -0.115. The first-order valence-corrected chi connectivity index (χ1v) is 12.3. The molecule has 0 fully saturated rings. The first-order valence-electron chi connectivity index (χ1n) is 11.4. The van der Waals surface area contributed by atoms with Gasteiger partial charge in [-0.05, 0) is 61.6 Å². The molecule has 0 bridgehead atoms. The molecule has 3 aromatic carbocycles. The van der Waals surface area contributed by atoms with Gasteiger partial charge in [0.25, 0.3) is 5.56 Å². The zero-order valence-electron chi connectivity index (χ0n) is 20.1. The Morgan fingerprint density at radius 1 is 0.912 bits per heavy atom. The molecule has 0 radical (unpaired) electrons. The fourth-order valence-corrected chi connectivity index (χ4v) is 4.92. The van der Waals surface area contributed by atoms with E-state index in [2.05, 4.69) is 19.2 Å². The third kappa shape index (κ3) is 4.64. The minimum absolute atomic E-state index is 0.125. The van der Waals surface area contributed by atoms with Crippen LogP contribution in [0.25, 0.3) is 16.6 Å². The van der Waals surface area contributed by atoms with Gasteiger partial charge in [-0.3, -0.25) is 14.2 Å². The second-order valence-electron chi connectivity index (χ2n) is 8.78. The molecule has 1 amide bonds. The Balaban J connectivity index is 1.74. The molecule has 0 saturated carbocycles. The van der Waals surface area contributed by atoms with E-state index in [1.165, 1.54) is 11.8 Å². The number of amides is 1. The van der Waals surface area contributed by atoms with Crippen LogP contribution in [0.15, 0.2) is 76.7 Å². The quantitative estimate of drug-likeness (QED) is 0.267. The maximum absolute atomic E-state index is 13.5. The van der Waals surface area contributed by atoms with Crippen LogP contribution in [0.5, 0.6) is 0 Å². The lowest BCUT2D eigenvalue weighted by Gasteiger charge is -2.20. The fraction of sp³-hybridized carbons (Fsp3) is 0.250. The highest BCUT2D eigenvalue weighted by molar-refractivity contribution is 8.00. The summed E-state index contributed by atoms with van der Waals surface area (Å²) in [5.41, 5.74) is 5.19. The number of benzene rings is 3. The predicted octanol–water partition coefficient (Wildman–Crippen LogP) is 6.25. The highest BCUT2D eigenvalue weighted by Gasteiger charge is 2.22. The summed E-state index contributed by atoms with van der Waals surface area (Å²) < 4.78 is 1.62. The number of para-hydroxylation sites is 3.